The predicted octanol–water partition coefficient (Wildman–Crippen LogP) is 4.94. The summed E-state index contributed by atoms with van der Waals surface area (Å²) in [4.78, 5) is 0. The second-order valence-electron chi connectivity index (χ2n) is 5.56. The number of halogens is 2. The molecule has 118 valence electrons. The molecule has 5 heteroatoms. The van der Waals surface area contributed by atoms with E-state index in [1.807, 2.05) is 53.2 Å². The van der Waals surface area contributed by atoms with Crippen LogP contribution in [0.2, 0.25) is 5.02 Å². The molecular formula is C19H13ClFN3. The average molecular weight is 338 g/mol. The monoisotopic (exact) mass is 337 g/mol. The highest BCUT2D eigenvalue weighted by Gasteiger charge is 2.07. The maximum atomic E-state index is 14.0. The van der Waals surface area contributed by atoms with Gasteiger partial charge in [-0.1, -0.05) is 53.2 Å². The fraction of sp³-hybridized carbons (Fsp3) is 0.0526. The van der Waals surface area contributed by atoms with E-state index in [4.69, 9.17) is 11.6 Å². The molecule has 0 amide bonds. The number of hydrogen-bond acceptors (Lipinski definition) is 2. The Kier molecular flexibility index (Phi) is 3.75. The topological polar surface area (TPSA) is 30.7 Å². The van der Waals surface area contributed by atoms with Crippen molar-refractivity contribution in [3.05, 3.63) is 83.1 Å². The zero-order valence-electron chi connectivity index (χ0n) is 12.7. The second-order valence-corrected chi connectivity index (χ2v) is 5.99. The van der Waals surface area contributed by atoms with Crippen LogP contribution in [0, 0.1) is 5.82 Å². The first kappa shape index (κ1) is 14.8. The third-order valence-corrected chi connectivity index (χ3v) is 4.18. The molecule has 3 aromatic carbocycles. The molecule has 0 fully saturated rings. The minimum atomic E-state index is -0.322. The van der Waals surface area contributed by atoms with Gasteiger partial charge in [0.2, 0.25) is 0 Å². The van der Waals surface area contributed by atoms with E-state index in [9.17, 15) is 4.39 Å². The van der Waals surface area contributed by atoms with Crippen molar-refractivity contribution in [1.29, 1.82) is 0 Å². The van der Waals surface area contributed by atoms with Crippen molar-refractivity contribution in [2.45, 2.75) is 6.54 Å². The van der Waals surface area contributed by atoms with E-state index in [1.165, 1.54) is 6.07 Å². The Morgan fingerprint density at radius 3 is 2.54 bits per heavy atom. The maximum Gasteiger partial charge on any atom is 0.132 e. The van der Waals surface area contributed by atoms with E-state index < -0.39 is 0 Å². The van der Waals surface area contributed by atoms with Gasteiger partial charge in [-0.05, 0) is 41.5 Å². The zero-order chi connectivity index (χ0) is 16.5. The maximum absolute atomic E-state index is 14.0. The van der Waals surface area contributed by atoms with E-state index in [2.05, 4.69) is 10.3 Å². The molecule has 4 aromatic rings. The number of hydrogen-bond donors (Lipinski definition) is 0. The molecule has 1 aromatic heterocycles. The molecule has 24 heavy (non-hydrogen) atoms. The number of rotatable bonds is 3. The van der Waals surface area contributed by atoms with Crippen LogP contribution in [0.4, 0.5) is 4.39 Å². The molecule has 0 bridgehead atoms. The Balaban J connectivity index is 1.62. The lowest BCUT2D eigenvalue weighted by Crippen LogP contribution is -2.01. The van der Waals surface area contributed by atoms with Gasteiger partial charge in [0.25, 0.3) is 0 Å². The van der Waals surface area contributed by atoms with Crippen LogP contribution in [-0.4, -0.2) is 15.0 Å². The summed E-state index contributed by atoms with van der Waals surface area (Å²) in [5.74, 6) is -0.322. The SMILES string of the molecule is Fc1cc(Cl)ccc1-c1ccc(Cn2nnc3ccccc32)cc1. The fourth-order valence-corrected chi connectivity index (χ4v) is 2.88. The lowest BCUT2D eigenvalue weighted by atomic mass is 10.0. The van der Waals surface area contributed by atoms with E-state index in [0.29, 0.717) is 17.1 Å². The number of nitrogens with zero attached hydrogens (tertiary/aromatic N) is 3. The molecule has 3 nitrogen and oxygen atoms in total. The van der Waals surface area contributed by atoms with Crippen LogP contribution in [0.1, 0.15) is 5.56 Å². The minimum absolute atomic E-state index is 0.322. The molecular weight excluding hydrogens is 325 g/mol. The second kappa shape index (κ2) is 6.06. The van der Waals surface area contributed by atoms with Gasteiger partial charge in [0.15, 0.2) is 0 Å². The van der Waals surface area contributed by atoms with E-state index in [-0.39, 0.29) is 5.82 Å². The van der Waals surface area contributed by atoms with Crippen LogP contribution in [0.3, 0.4) is 0 Å². The first-order valence-electron chi connectivity index (χ1n) is 7.53. The summed E-state index contributed by atoms with van der Waals surface area (Å²) in [6, 6.07) is 20.3. The number of benzene rings is 3. The van der Waals surface area contributed by atoms with Crippen molar-refractivity contribution >= 4 is 22.6 Å². The summed E-state index contributed by atoms with van der Waals surface area (Å²) in [6.07, 6.45) is 0. The lowest BCUT2D eigenvalue weighted by Gasteiger charge is -2.07. The van der Waals surface area contributed by atoms with Crippen molar-refractivity contribution in [3.63, 3.8) is 0 Å². The van der Waals surface area contributed by atoms with Gasteiger partial charge in [0.05, 0.1) is 12.1 Å². The highest BCUT2D eigenvalue weighted by Crippen LogP contribution is 2.26. The molecule has 4 rings (SSSR count). The Labute approximate surface area is 143 Å². The fourth-order valence-electron chi connectivity index (χ4n) is 2.72. The Hall–Kier alpha value is -2.72. The Bertz CT molecular complexity index is 1010. The summed E-state index contributed by atoms with van der Waals surface area (Å²) < 4.78 is 15.9. The molecule has 0 saturated heterocycles. The number of para-hydroxylation sites is 1. The average Bonchev–Trinajstić information content (AvgIpc) is 2.99. The minimum Gasteiger partial charge on any atom is -0.240 e. The normalized spacial score (nSPS) is 11.1. The van der Waals surface area contributed by atoms with E-state index in [0.717, 1.165) is 22.2 Å². The van der Waals surface area contributed by atoms with Gasteiger partial charge in [0, 0.05) is 10.6 Å². The molecule has 0 saturated carbocycles. The summed E-state index contributed by atoms with van der Waals surface area (Å²) in [7, 11) is 0. The molecule has 0 aliphatic heterocycles. The molecule has 0 radical (unpaired) electrons. The van der Waals surface area contributed by atoms with Crippen LogP contribution in [0.25, 0.3) is 22.2 Å². The van der Waals surface area contributed by atoms with Gasteiger partial charge in [-0.2, -0.15) is 0 Å². The molecule has 0 N–H and O–H groups in total. The largest absolute Gasteiger partial charge is 0.240 e. The number of fused-ring (bicyclic) bond motifs is 1. The van der Waals surface area contributed by atoms with Crippen LogP contribution >= 0.6 is 11.6 Å². The van der Waals surface area contributed by atoms with E-state index in [1.54, 1.807) is 12.1 Å². The van der Waals surface area contributed by atoms with Gasteiger partial charge < -0.3 is 0 Å². The summed E-state index contributed by atoms with van der Waals surface area (Å²) in [5.41, 5.74) is 4.29. The first-order chi connectivity index (χ1) is 11.7. The van der Waals surface area contributed by atoms with Gasteiger partial charge in [-0.15, -0.1) is 5.10 Å². The molecule has 0 atom stereocenters. The zero-order valence-corrected chi connectivity index (χ0v) is 13.4. The Morgan fingerprint density at radius 2 is 1.75 bits per heavy atom. The van der Waals surface area contributed by atoms with Crippen LogP contribution in [0.15, 0.2) is 66.7 Å². The van der Waals surface area contributed by atoms with Crippen LogP contribution < -0.4 is 0 Å². The number of aromatic nitrogens is 3. The molecule has 1 heterocycles. The molecule has 0 spiro atoms. The van der Waals surface area contributed by atoms with E-state index >= 15 is 0 Å². The summed E-state index contributed by atoms with van der Waals surface area (Å²) >= 11 is 5.80. The van der Waals surface area contributed by atoms with Crippen molar-refractivity contribution in [3.8, 4) is 11.1 Å². The first-order valence-corrected chi connectivity index (χ1v) is 7.91. The van der Waals surface area contributed by atoms with Gasteiger partial charge in [-0.25, -0.2) is 9.07 Å². The van der Waals surface area contributed by atoms with Crippen molar-refractivity contribution in [2.24, 2.45) is 0 Å². The van der Waals surface area contributed by atoms with Crippen molar-refractivity contribution in [2.75, 3.05) is 0 Å². The standard InChI is InChI=1S/C19H13ClFN3/c20-15-9-10-16(17(21)11-15)14-7-5-13(6-8-14)12-24-19-4-2-1-3-18(19)22-23-24/h1-11H,12H2. The van der Waals surface area contributed by atoms with Crippen molar-refractivity contribution < 1.29 is 4.39 Å². The highest BCUT2D eigenvalue weighted by atomic mass is 35.5. The van der Waals surface area contributed by atoms with Crippen molar-refractivity contribution in [1.82, 2.24) is 15.0 Å². The van der Waals surface area contributed by atoms with Gasteiger partial charge in [0.1, 0.15) is 11.3 Å². The smallest absolute Gasteiger partial charge is 0.132 e. The van der Waals surface area contributed by atoms with Gasteiger partial charge in [-0.3, -0.25) is 0 Å². The summed E-state index contributed by atoms with van der Waals surface area (Å²) in [6.45, 7) is 0.615. The van der Waals surface area contributed by atoms with Crippen LogP contribution in [0.5, 0.6) is 0 Å². The summed E-state index contributed by atoms with van der Waals surface area (Å²) in [5, 5.41) is 8.73. The van der Waals surface area contributed by atoms with Crippen LogP contribution in [-0.2, 0) is 6.54 Å². The molecule has 0 aliphatic carbocycles. The third-order valence-electron chi connectivity index (χ3n) is 3.95. The lowest BCUT2D eigenvalue weighted by molar-refractivity contribution is 0.631. The highest BCUT2D eigenvalue weighted by molar-refractivity contribution is 6.30. The predicted molar refractivity (Wildman–Crippen MR) is 93.5 cm³/mol. The quantitative estimate of drug-likeness (QED) is 0.530. The Morgan fingerprint density at radius 1 is 0.958 bits per heavy atom. The molecule has 0 aliphatic rings. The van der Waals surface area contributed by atoms with Gasteiger partial charge >= 0.3 is 0 Å². The third kappa shape index (κ3) is 2.76. The molecule has 0 unspecified atom stereocenters.